The van der Waals surface area contributed by atoms with E-state index in [1.54, 1.807) is 14.2 Å². The highest BCUT2D eigenvalue weighted by atomic mass is 32.1. The Balaban J connectivity index is 2.92. The molecule has 1 N–H and O–H groups in total. The average Bonchev–Trinajstić information content (AvgIpc) is 2.71. The molecule has 0 saturated carbocycles. The third kappa shape index (κ3) is 3.79. The van der Waals surface area contributed by atoms with Crippen LogP contribution in [-0.2, 0) is 9.47 Å². The fourth-order valence-electron chi connectivity index (χ4n) is 1.70. The Morgan fingerprint density at radius 3 is 2.28 bits per heavy atom. The molecule has 1 rings (SSSR count). The first-order valence-electron chi connectivity index (χ1n) is 6.01. The van der Waals surface area contributed by atoms with Gasteiger partial charge in [0.05, 0.1) is 13.2 Å². The molecule has 1 aromatic rings. The molecule has 18 heavy (non-hydrogen) atoms. The maximum Gasteiger partial charge on any atom is 0.226 e. The second kappa shape index (κ2) is 7.50. The molecule has 0 spiro atoms. The van der Waals surface area contributed by atoms with Crippen molar-refractivity contribution in [2.45, 2.75) is 19.9 Å². The highest BCUT2D eigenvalue weighted by Gasteiger charge is 2.16. The van der Waals surface area contributed by atoms with E-state index in [1.807, 2.05) is 4.57 Å². The van der Waals surface area contributed by atoms with Crippen LogP contribution >= 0.6 is 12.2 Å². The van der Waals surface area contributed by atoms with Crippen LogP contribution in [0.1, 0.15) is 19.9 Å². The molecule has 0 unspecified atom stereocenters. The van der Waals surface area contributed by atoms with Crippen molar-refractivity contribution in [2.75, 3.05) is 45.4 Å². The molecule has 1 aromatic heterocycles. The van der Waals surface area contributed by atoms with Gasteiger partial charge in [0.15, 0.2) is 4.77 Å². The van der Waals surface area contributed by atoms with Crippen LogP contribution in [0.15, 0.2) is 0 Å². The van der Waals surface area contributed by atoms with Crippen LogP contribution in [0.2, 0.25) is 0 Å². The van der Waals surface area contributed by atoms with Crippen LogP contribution in [0.25, 0.3) is 0 Å². The second-order valence-electron chi connectivity index (χ2n) is 4.27. The first-order chi connectivity index (χ1) is 8.61. The molecule has 1 heterocycles. The molecule has 0 amide bonds. The summed E-state index contributed by atoms with van der Waals surface area (Å²) in [7, 11) is 3.38. The van der Waals surface area contributed by atoms with Crippen molar-refractivity contribution in [2.24, 2.45) is 0 Å². The standard InChI is InChI=1S/C11H22N4O2S/c1-9(2)15-10(12-13-11(15)18)14(5-7-16-3)6-8-17-4/h9H,5-8H2,1-4H3,(H,13,18). The number of H-pyrrole nitrogens is 1. The van der Waals surface area contributed by atoms with E-state index in [2.05, 4.69) is 28.9 Å². The van der Waals surface area contributed by atoms with Crippen molar-refractivity contribution >= 4 is 18.2 Å². The number of aromatic amines is 1. The van der Waals surface area contributed by atoms with Crippen LogP contribution in [0.4, 0.5) is 5.95 Å². The van der Waals surface area contributed by atoms with E-state index >= 15 is 0 Å². The van der Waals surface area contributed by atoms with Crippen LogP contribution in [0.5, 0.6) is 0 Å². The number of hydrogen-bond acceptors (Lipinski definition) is 5. The number of anilines is 1. The third-order valence-corrected chi connectivity index (χ3v) is 2.90. The Kier molecular flexibility index (Phi) is 6.31. The normalized spacial score (nSPS) is 11.2. The Hall–Kier alpha value is -0.920. The van der Waals surface area contributed by atoms with Crippen molar-refractivity contribution < 1.29 is 9.47 Å². The lowest BCUT2D eigenvalue weighted by Crippen LogP contribution is -2.33. The van der Waals surface area contributed by atoms with Crippen molar-refractivity contribution in [1.82, 2.24) is 14.8 Å². The molecular formula is C11H22N4O2S. The van der Waals surface area contributed by atoms with Crippen LogP contribution < -0.4 is 4.90 Å². The number of rotatable bonds is 8. The van der Waals surface area contributed by atoms with E-state index in [9.17, 15) is 0 Å². The van der Waals surface area contributed by atoms with Crippen LogP contribution in [-0.4, -0.2) is 55.3 Å². The number of nitrogens with zero attached hydrogens (tertiary/aromatic N) is 3. The van der Waals surface area contributed by atoms with Gasteiger partial charge in [0.1, 0.15) is 0 Å². The molecule has 6 nitrogen and oxygen atoms in total. The van der Waals surface area contributed by atoms with Gasteiger partial charge < -0.3 is 14.4 Å². The van der Waals surface area contributed by atoms with Gasteiger partial charge >= 0.3 is 0 Å². The lowest BCUT2D eigenvalue weighted by Gasteiger charge is -2.24. The van der Waals surface area contributed by atoms with Gasteiger partial charge in [-0.1, -0.05) is 0 Å². The maximum atomic E-state index is 5.25. The zero-order valence-electron chi connectivity index (χ0n) is 11.5. The summed E-state index contributed by atoms with van der Waals surface area (Å²) in [6, 6.07) is 0.263. The first kappa shape index (κ1) is 15.1. The molecule has 0 aliphatic heterocycles. The van der Waals surface area contributed by atoms with E-state index < -0.39 is 0 Å². The van der Waals surface area contributed by atoms with E-state index in [1.165, 1.54) is 0 Å². The predicted molar refractivity (Wildman–Crippen MR) is 73.8 cm³/mol. The highest BCUT2D eigenvalue weighted by molar-refractivity contribution is 7.71. The number of aromatic nitrogens is 3. The smallest absolute Gasteiger partial charge is 0.226 e. The van der Waals surface area contributed by atoms with Gasteiger partial charge in [0, 0.05) is 33.4 Å². The van der Waals surface area contributed by atoms with Gasteiger partial charge in [-0.3, -0.25) is 4.57 Å². The summed E-state index contributed by atoms with van der Waals surface area (Å²) in [6.45, 7) is 6.96. The summed E-state index contributed by atoms with van der Waals surface area (Å²) in [5, 5.41) is 7.15. The molecule has 0 fully saturated rings. The summed E-state index contributed by atoms with van der Waals surface area (Å²) >= 11 is 5.25. The fourth-order valence-corrected chi connectivity index (χ4v) is 2.04. The largest absolute Gasteiger partial charge is 0.383 e. The van der Waals surface area contributed by atoms with Crippen molar-refractivity contribution in [3.63, 3.8) is 0 Å². The minimum Gasteiger partial charge on any atom is -0.383 e. The Morgan fingerprint density at radius 1 is 1.28 bits per heavy atom. The van der Waals surface area contributed by atoms with Gasteiger partial charge in [-0.2, -0.15) is 0 Å². The predicted octanol–water partition coefficient (Wildman–Crippen LogP) is 1.62. The molecule has 0 aliphatic carbocycles. The van der Waals surface area contributed by atoms with Crippen molar-refractivity contribution in [3.05, 3.63) is 4.77 Å². The van der Waals surface area contributed by atoms with Crippen molar-refractivity contribution in [1.29, 1.82) is 0 Å². The van der Waals surface area contributed by atoms with E-state index in [-0.39, 0.29) is 6.04 Å². The van der Waals surface area contributed by atoms with Gasteiger partial charge in [0.25, 0.3) is 0 Å². The highest BCUT2D eigenvalue weighted by Crippen LogP contribution is 2.17. The number of nitrogens with one attached hydrogen (secondary N) is 1. The van der Waals surface area contributed by atoms with Gasteiger partial charge in [-0.05, 0) is 26.1 Å². The molecule has 0 bridgehead atoms. The second-order valence-corrected chi connectivity index (χ2v) is 4.65. The Bertz CT molecular complexity index is 394. The molecule has 0 aliphatic rings. The molecule has 0 radical (unpaired) electrons. The SMILES string of the molecule is COCCN(CCOC)c1n[nH]c(=S)n1C(C)C. The first-order valence-corrected chi connectivity index (χ1v) is 6.42. The molecule has 7 heteroatoms. The van der Waals surface area contributed by atoms with Gasteiger partial charge in [-0.25, -0.2) is 5.10 Å². The zero-order chi connectivity index (χ0) is 13.5. The van der Waals surface area contributed by atoms with E-state index in [4.69, 9.17) is 21.7 Å². The maximum absolute atomic E-state index is 5.25. The topological polar surface area (TPSA) is 55.3 Å². The van der Waals surface area contributed by atoms with Gasteiger partial charge in [-0.15, -0.1) is 5.10 Å². The van der Waals surface area contributed by atoms with Crippen LogP contribution in [0.3, 0.4) is 0 Å². The average molecular weight is 274 g/mol. The lowest BCUT2D eigenvalue weighted by atomic mass is 10.4. The number of hydrogen-bond donors (Lipinski definition) is 1. The summed E-state index contributed by atoms with van der Waals surface area (Å²) in [6.07, 6.45) is 0. The lowest BCUT2D eigenvalue weighted by molar-refractivity contribution is 0.189. The van der Waals surface area contributed by atoms with Crippen LogP contribution in [0, 0.1) is 4.77 Å². The zero-order valence-corrected chi connectivity index (χ0v) is 12.3. The molecule has 0 aromatic carbocycles. The minimum atomic E-state index is 0.263. The number of methoxy groups -OCH3 is 2. The minimum absolute atomic E-state index is 0.263. The fraction of sp³-hybridized carbons (Fsp3) is 0.818. The van der Waals surface area contributed by atoms with Crippen molar-refractivity contribution in [3.8, 4) is 0 Å². The van der Waals surface area contributed by atoms with E-state index in [0.717, 1.165) is 19.0 Å². The summed E-state index contributed by atoms with van der Waals surface area (Å²) in [5.41, 5.74) is 0. The summed E-state index contributed by atoms with van der Waals surface area (Å²) < 4.78 is 12.9. The van der Waals surface area contributed by atoms with Gasteiger partial charge in [0.2, 0.25) is 5.95 Å². The molecular weight excluding hydrogens is 252 g/mol. The molecule has 0 saturated heterocycles. The van der Waals surface area contributed by atoms with E-state index in [0.29, 0.717) is 18.0 Å². The molecule has 0 atom stereocenters. The monoisotopic (exact) mass is 274 g/mol. The third-order valence-electron chi connectivity index (χ3n) is 2.62. The number of ether oxygens (including phenoxy) is 2. The quantitative estimate of drug-likeness (QED) is 0.730. The molecule has 104 valence electrons. The Morgan fingerprint density at radius 2 is 1.83 bits per heavy atom. The Labute approximate surface area is 113 Å². The summed E-state index contributed by atoms with van der Waals surface area (Å²) in [5.74, 6) is 0.837. The summed E-state index contributed by atoms with van der Waals surface area (Å²) in [4.78, 5) is 2.11.